The van der Waals surface area contributed by atoms with E-state index in [1.807, 2.05) is 4.68 Å². The molecule has 17 heavy (non-hydrogen) atoms. The standard InChI is InChI=1S/C13H22N4/c1-3-17-13(15-8-16-17)12(14-2)11(9-4-5-9)10-6-7-10/h8-12,14H,3-7H2,1-2H3. The highest BCUT2D eigenvalue weighted by molar-refractivity contribution is 5.05. The van der Waals surface area contributed by atoms with E-state index in [0.717, 1.165) is 30.1 Å². The monoisotopic (exact) mass is 234 g/mol. The summed E-state index contributed by atoms with van der Waals surface area (Å²) in [5.41, 5.74) is 0. The lowest BCUT2D eigenvalue weighted by atomic mass is 9.89. The normalized spacial score (nSPS) is 22.1. The summed E-state index contributed by atoms with van der Waals surface area (Å²) >= 11 is 0. The molecule has 2 fully saturated rings. The summed E-state index contributed by atoms with van der Waals surface area (Å²) in [6, 6.07) is 0.400. The first kappa shape index (κ1) is 11.2. The molecule has 4 nitrogen and oxygen atoms in total. The summed E-state index contributed by atoms with van der Waals surface area (Å²) in [7, 11) is 2.07. The summed E-state index contributed by atoms with van der Waals surface area (Å²) in [6.07, 6.45) is 7.36. The molecular formula is C13H22N4. The zero-order valence-corrected chi connectivity index (χ0v) is 10.8. The largest absolute Gasteiger partial charge is 0.310 e. The van der Waals surface area contributed by atoms with Gasteiger partial charge in [0.2, 0.25) is 0 Å². The molecule has 1 N–H and O–H groups in total. The average molecular weight is 234 g/mol. The van der Waals surface area contributed by atoms with Crippen LogP contribution in [-0.4, -0.2) is 21.8 Å². The van der Waals surface area contributed by atoms with Gasteiger partial charge in [-0.3, -0.25) is 0 Å². The van der Waals surface area contributed by atoms with Crippen molar-refractivity contribution < 1.29 is 0 Å². The van der Waals surface area contributed by atoms with Crippen LogP contribution >= 0.6 is 0 Å². The van der Waals surface area contributed by atoms with Gasteiger partial charge in [-0.2, -0.15) is 5.10 Å². The van der Waals surface area contributed by atoms with Gasteiger partial charge in [-0.1, -0.05) is 0 Å². The molecule has 1 aromatic heterocycles. The summed E-state index contributed by atoms with van der Waals surface area (Å²) in [4.78, 5) is 4.49. The minimum Gasteiger partial charge on any atom is -0.310 e. The topological polar surface area (TPSA) is 42.7 Å². The number of hydrogen-bond donors (Lipinski definition) is 1. The lowest BCUT2D eigenvalue weighted by molar-refractivity contribution is 0.281. The molecule has 0 bridgehead atoms. The molecule has 2 aliphatic carbocycles. The summed E-state index contributed by atoms with van der Waals surface area (Å²) < 4.78 is 2.04. The van der Waals surface area contributed by atoms with Crippen molar-refractivity contribution in [1.29, 1.82) is 0 Å². The van der Waals surface area contributed by atoms with E-state index in [2.05, 4.69) is 29.4 Å². The quantitative estimate of drug-likeness (QED) is 0.818. The summed E-state index contributed by atoms with van der Waals surface area (Å²) in [5.74, 6) is 3.79. The van der Waals surface area contributed by atoms with Crippen LogP contribution in [0.25, 0.3) is 0 Å². The Morgan fingerprint density at radius 3 is 2.47 bits per heavy atom. The SMILES string of the molecule is CCn1ncnc1C(NC)C(C1CC1)C1CC1. The number of hydrogen-bond acceptors (Lipinski definition) is 3. The van der Waals surface area contributed by atoms with Gasteiger partial charge in [0.1, 0.15) is 12.2 Å². The number of rotatable bonds is 6. The van der Waals surface area contributed by atoms with Crippen molar-refractivity contribution >= 4 is 0 Å². The Morgan fingerprint density at radius 1 is 1.35 bits per heavy atom. The van der Waals surface area contributed by atoms with Crippen molar-refractivity contribution in [3.63, 3.8) is 0 Å². The first-order chi connectivity index (χ1) is 8.35. The van der Waals surface area contributed by atoms with Crippen molar-refractivity contribution in [2.45, 2.75) is 45.2 Å². The van der Waals surface area contributed by atoms with Crippen LogP contribution in [0.4, 0.5) is 0 Å². The Hall–Kier alpha value is -0.900. The predicted octanol–water partition coefficient (Wildman–Crippen LogP) is 1.99. The molecule has 2 aliphatic rings. The second kappa shape index (κ2) is 4.41. The first-order valence-electron chi connectivity index (χ1n) is 6.90. The van der Waals surface area contributed by atoms with Gasteiger partial charge in [0, 0.05) is 6.54 Å². The van der Waals surface area contributed by atoms with Crippen LogP contribution in [0.5, 0.6) is 0 Å². The van der Waals surface area contributed by atoms with Crippen molar-refractivity contribution in [3.8, 4) is 0 Å². The van der Waals surface area contributed by atoms with E-state index in [1.54, 1.807) is 6.33 Å². The molecule has 0 saturated heterocycles. The molecule has 1 aromatic rings. The lowest BCUT2D eigenvalue weighted by Gasteiger charge is -2.26. The summed E-state index contributed by atoms with van der Waals surface area (Å²) in [5, 5.41) is 7.81. The highest BCUT2D eigenvalue weighted by Crippen LogP contribution is 2.53. The molecule has 3 rings (SSSR count). The third-order valence-electron chi connectivity index (χ3n) is 4.25. The van der Waals surface area contributed by atoms with Gasteiger partial charge in [0.15, 0.2) is 0 Å². The van der Waals surface area contributed by atoms with Crippen LogP contribution in [0.1, 0.15) is 44.5 Å². The van der Waals surface area contributed by atoms with Gasteiger partial charge in [0.25, 0.3) is 0 Å². The molecule has 2 saturated carbocycles. The van der Waals surface area contributed by atoms with E-state index in [0.29, 0.717) is 6.04 Å². The molecule has 4 heteroatoms. The Kier molecular flexibility index (Phi) is 2.90. The molecule has 1 heterocycles. The smallest absolute Gasteiger partial charge is 0.144 e. The third-order valence-corrected chi connectivity index (χ3v) is 4.25. The average Bonchev–Trinajstić information content (AvgIpc) is 3.26. The maximum absolute atomic E-state index is 4.49. The molecule has 0 amide bonds. The minimum absolute atomic E-state index is 0.400. The highest BCUT2D eigenvalue weighted by Gasteiger charge is 2.46. The Labute approximate surface area is 103 Å². The molecule has 1 atom stereocenters. The van der Waals surface area contributed by atoms with Crippen LogP contribution in [0, 0.1) is 17.8 Å². The van der Waals surface area contributed by atoms with Crippen molar-refractivity contribution in [3.05, 3.63) is 12.2 Å². The van der Waals surface area contributed by atoms with Gasteiger partial charge < -0.3 is 5.32 Å². The molecule has 1 unspecified atom stereocenters. The van der Waals surface area contributed by atoms with Crippen molar-refractivity contribution in [1.82, 2.24) is 20.1 Å². The fourth-order valence-corrected chi connectivity index (χ4v) is 3.14. The van der Waals surface area contributed by atoms with Gasteiger partial charge in [-0.15, -0.1) is 0 Å². The predicted molar refractivity (Wildman–Crippen MR) is 66.4 cm³/mol. The zero-order valence-electron chi connectivity index (χ0n) is 10.8. The maximum Gasteiger partial charge on any atom is 0.144 e. The van der Waals surface area contributed by atoms with E-state index in [4.69, 9.17) is 0 Å². The number of aryl methyl sites for hydroxylation is 1. The second-order valence-electron chi connectivity index (χ2n) is 5.45. The maximum atomic E-state index is 4.49. The first-order valence-corrected chi connectivity index (χ1v) is 6.90. The van der Waals surface area contributed by atoms with Gasteiger partial charge in [-0.25, -0.2) is 9.67 Å². The molecule has 0 aromatic carbocycles. The third kappa shape index (κ3) is 2.10. The molecule has 0 spiro atoms. The second-order valence-corrected chi connectivity index (χ2v) is 5.45. The van der Waals surface area contributed by atoms with Crippen LogP contribution in [-0.2, 0) is 6.54 Å². The zero-order chi connectivity index (χ0) is 11.8. The van der Waals surface area contributed by atoms with Crippen molar-refractivity contribution in [2.75, 3.05) is 7.05 Å². The van der Waals surface area contributed by atoms with Crippen LogP contribution in [0.2, 0.25) is 0 Å². The minimum atomic E-state index is 0.400. The summed E-state index contributed by atoms with van der Waals surface area (Å²) in [6.45, 7) is 3.05. The van der Waals surface area contributed by atoms with Crippen LogP contribution in [0.3, 0.4) is 0 Å². The Bertz CT molecular complexity index is 367. The van der Waals surface area contributed by atoms with Gasteiger partial charge in [0.05, 0.1) is 6.04 Å². The fourth-order valence-electron chi connectivity index (χ4n) is 3.14. The lowest BCUT2D eigenvalue weighted by Crippen LogP contribution is -2.31. The molecule has 0 radical (unpaired) electrons. The van der Waals surface area contributed by atoms with E-state index < -0.39 is 0 Å². The van der Waals surface area contributed by atoms with Gasteiger partial charge >= 0.3 is 0 Å². The number of aromatic nitrogens is 3. The van der Waals surface area contributed by atoms with Crippen molar-refractivity contribution in [2.24, 2.45) is 17.8 Å². The number of nitrogens with zero attached hydrogens (tertiary/aromatic N) is 3. The molecular weight excluding hydrogens is 212 g/mol. The van der Waals surface area contributed by atoms with Gasteiger partial charge in [-0.05, 0) is 57.4 Å². The number of nitrogens with one attached hydrogen (secondary N) is 1. The highest BCUT2D eigenvalue weighted by atomic mass is 15.3. The fraction of sp³-hybridized carbons (Fsp3) is 0.846. The van der Waals surface area contributed by atoms with Crippen LogP contribution in [0.15, 0.2) is 6.33 Å². The van der Waals surface area contributed by atoms with E-state index in [9.17, 15) is 0 Å². The van der Waals surface area contributed by atoms with E-state index >= 15 is 0 Å². The molecule has 0 aliphatic heterocycles. The molecule has 94 valence electrons. The Balaban J connectivity index is 1.85. The van der Waals surface area contributed by atoms with E-state index in [1.165, 1.54) is 25.7 Å². The van der Waals surface area contributed by atoms with E-state index in [-0.39, 0.29) is 0 Å². The van der Waals surface area contributed by atoms with Crippen LogP contribution < -0.4 is 5.32 Å². The Morgan fingerprint density at radius 2 is 2.00 bits per heavy atom.